The summed E-state index contributed by atoms with van der Waals surface area (Å²) in [6.45, 7) is 9.10. The number of hydrogen-bond donors (Lipinski definition) is 1. The highest BCUT2D eigenvalue weighted by Crippen LogP contribution is 2.27. The van der Waals surface area contributed by atoms with Crippen LogP contribution in [0.1, 0.15) is 54.4 Å². The Hall–Kier alpha value is -3.85. The highest BCUT2D eigenvalue weighted by atomic mass is 16.5. The van der Waals surface area contributed by atoms with E-state index in [1.165, 1.54) is 10.2 Å². The number of carbonyl (C=O) groups excluding carboxylic acids is 1. The Morgan fingerprint density at radius 2 is 1.83 bits per heavy atom. The van der Waals surface area contributed by atoms with Gasteiger partial charge in [-0.2, -0.15) is 0 Å². The first-order valence-electron chi connectivity index (χ1n) is 12.2. The Balaban J connectivity index is 1.72. The molecule has 0 fully saturated rings. The summed E-state index contributed by atoms with van der Waals surface area (Å²) >= 11 is 0. The molecular weight excluding hydrogens is 456 g/mol. The van der Waals surface area contributed by atoms with Crippen LogP contribution in [0.4, 0.5) is 0 Å². The number of aromatic amines is 1. The number of hydrogen-bond acceptors (Lipinski definition) is 7. The van der Waals surface area contributed by atoms with Gasteiger partial charge in [-0.15, -0.1) is 5.10 Å². The van der Waals surface area contributed by atoms with Crippen LogP contribution in [0.25, 0.3) is 10.9 Å². The van der Waals surface area contributed by atoms with E-state index in [1.54, 1.807) is 6.92 Å². The van der Waals surface area contributed by atoms with Crippen LogP contribution < -0.4 is 5.56 Å². The van der Waals surface area contributed by atoms with Crippen LogP contribution in [0.5, 0.6) is 0 Å². The minimum atomic E-state index is -0.396. The minimum absolute atomic E-state index is 0.0684. The van der Waals surface area contributed by atoms with Crippen LogP contribution in [0.3, 0.4) is 0 Å². The van der Waals surface area contributed by atoms with Gasteiger partial charge in [0.05, 0.1) is 12.6 Å². The third-order valence-corrected chi connectivity index (χ3v) is 6.41. The molecule has 1 N–H and O–H groups in total. The van der Waals surface area contributed by atoms with Crippen molar-refractivity contribution >= 4 is 16.9 Å². The molecule has 0 aliphatic carbocycles. The number of H-pyrrole nitrogens is 1. The predicted molar refractivity (Wildman–Crippen MR) is 137 cm³/mol. The van der Waals surface area contributed by atoms with E-state index in [4.69, 9.17) is 4.74 Å². The number of pyridine rings is 1. The lowest BCUT2D eigenvalue weighted by molar-refractivity contribution is -0.144. The Morgan fingerprint density at radius 1 is 1.08 bits per heavy atom. The lowest BCUT2D eigenvalue weighted by atomic mass is 10.0. The number of ether oxygens (including phenoxy) is 1. The quantitative estimate of drug-likeness (QED) is 0.338. The summed E-state index contributed by atoms with van der Waals surface area (Å²) in [6, 6.07) is 15.9. The predicted octanol–water partition coefficient (Wildman–Crippen LogP) is 3.85. The largest absolute Gasteiger partial charge is 0.465 e. The van der Waals surface area contributed by atoms with Gasteiger partial charge in [-0.1, -0.05) is 37.3 Å². The summed E-state index contributed by atoms with van der Waals surface area (Å²) in [5.41, 5.74) is 4.77. The molecule has 0 bridgehead atoms. The van der Waals surface area contributed by atoms with Gasteiger partial charge in [-0.3, -0.25) is 14.5 Å². The van der Waals surface area contributed by atoms with Crippen molar-refractivity contribution in [2.45, 2.75) is 59.8 Å². The third-order valence-electron chi connectivity index (χ3n) is 6.41. The van der Waals surface area contributed by atoms with Crippen molar-refractivity contribution in [2.75, 3.05) is 6.61 Å². The number of nitrogens with one attached hydrogen (secondary N) is 1. The van der Waals surface area contributed by atoms with E-state index in [-0.39, 0.29) is 24.8 Å². The fraction of sp³-hybridized carbons (Fsp3) is 0.370. The normalized spacial score (nSPS) is 12.2. The maximum absolute atomic E-state index is 13.1. The SMILES string of the molecule is CCOC(=O)Cn1nnnc1[C@H](CC)N(Cc1ccccc1)Cc1cc2cc(C)c(C)cc2[nH]c1=O. The Labute approximate surface area is 210 Å². The Morgan fingerprint density at radius 3 is 2.56 bits per heavy atom. The second kappa shape index (κ2) is 11.3. The molecule has 0 radical (unpaired) electrons. The van der Waals surface area contributed by atoms with E-state index in [0.29, 0.717) is 30.9 Å². The summed E-state index contributed by atoms with van der Waals surface area (Å²) in [5.74, 6) is 0.164. The molecule has 0 saturated carbocycles. The van der Waals surface area contributed by atoms with E-state index >= 15 is 0 Å². The molecular formula is C27H32N6O3. The monoisotopic (exact) mass is 488 g/mol. The molecule has 9 heteroatoms. The highest BCUT2D eigenvalue weighted by Gasteiger charge is 2.27. The van der Waals surface area contributed by atoms with Crippen molar-refractivity contribution in [2.24, 2.45) is 0 Å². The van der Waals surface area contributed by atoms with Crippen molar-refractivity contribution in [1.82, 2.24) is 30.1 Å². The summed E-state index contributed by atoms with van der Waals surface area (Å²) in [5, 5.41) is 13.1. The van der Waals surface area contributed by atoms with Crippen molar-refractivity contribution in [1.29, 1.82) is 0 Å². The molecule has 0 aliphatic heterocycles. The minimum Gasteiger partial charge on any atom is -0.465 e. The van der Waals surface area contributed by atoms with Gasteiger partial charge in [-0.25, -0.2) is 4.68 Å². The number of aromatic nitrogens is 5. The molecule has 4 rings (SSSR count). The van der Waals surface area contributed by atoms with Gasteiger partial charge in [0.15, 0.2) is 5.82 Å². The summed E-state index contributed by atoms with van der Waals surface area (Å²) in [4.78, 5) is 30.5. The Bertz CT molecular complexity index is 1400. The number of rotatable bonds is 10. The van der Waals surface area contributed by atoms with E-state index < -0.39 is 5.97 Å². The number of benzene rings is 2. The first-order valence-corrected chi connectivity index (χ1v) is 12.2. The molecule has 36 heavy (non-hydrogen) atoms. The van der Waals surface area contributed by atoms with Gasteiger partial charge in [0.1, 0.15) is 6.54 Å². The van der Waals surface area contributed by atoms with Gasteiger partial charge < -0.3 is 9.72 Å². The molecule has 0 amide bonds. The molecule has 0 spiro atoms. The summed E-state index contributed by atoms with van der Waals surface area (Å²) in [7, 11) is 0. The van der Waals surface area contributed by atoms with Crippen molar-refractivity contribution in [3.05, 3.63) is 87.0 Å². The Kier molecular flexibility index (Phi) is 7.90. The van der Waals surface area contributed by atoms with E-state index in [0.717, 1.165) is 22.0 Å². The standard InChI is InChI=1S/C27H32N6O3/c1-5-24(26-29-30-31-33(26)17-25(34)36-6-2)32(15-20-10-8-7-9-11-20)16-22-14-21-12-18(3)19(4)13-23(21)28-27(22)35/h7-14,24H,5-6,15-17H2,1-4H3,(H,28,35)/t24-/m0/s1. The molecule has 1 atom stereocenters. The van der Waals surface area contributed by atoms with Crippen LogP contribution in [0.15, 0.2) is 53.3 Å². The molecule has 0 aliphatic rings. The summed E-state index contributed by atoms with van der Waals surface area (Å²) in [6.07, 6.45) is 0.680. The summed E-state index contributed by atoms with van der Waals surface area (Å²) < 4.78 is 6.58. The topological polar surface area (TPSA) is 106 Å². The van der Waals surface area contributed by atoms with Crippen molar-refractivity contribution < 1.29 is 9.53 Å². The van der Waals surface area contributed by atoms with Gasteiger partial charge in [0.2, 0.25) is 0 Å². The number of nitrogens with zero attached hydrogens (tertiary/aromatic N) is 5. The molecule has 9 nitrogen and oxygen atoms in total. The fourth-order valence-electron chi connectivity index (χ4n) is 4.45. The zero-order chi connectivity index (χ0) is 25.7. The van der Waals surface area contributed by atoms with E-state index in [1.807, 2.05) is 44.2 Å². The van der Waals surface area contributed by atoms with Crippen molar-refractivity contribution in [3.8, 4) is 0 Å². The number of carbonyl (C=O) groups is 1. The molecule has 4 aromatic rings. The average Bonchev–Trinajstić information content (AvgIpc) is 3.29. The van der Waals surface area contributed by atoms with Gasteiger partial charge >= 0.3 is 5.97 Å². The first-order chi connectivity index (χ1) is 17.4. The number of fused-ring (bicyclic) bond motifs is 1. The third kappa shape index (κ3) is 5.68. The van der Waals surface area contributed by atoms with E-state index in [9.17, 15) is 9.59 Å². The zero-order valence-electron chi connectivity index (χ0n) is 21.2. The number of tetrazole rings is 1. The molecule has 2 heterocycles. The van der Waals surface area contributed by atoms with Gasteiger partial charge in [0.25, 0.3) is 5.56 Å². The highest BCUT2D eigenvalue weighted by molar-refractivity contribution is 5.80. The number of aryl methyl sites for hydroxylation is 2. The van der Waals surface area contributed by atoms with Crippen LogP contribution in [0.2, 0.25) is 0 Å². The average molecular weight is 489 g/mol. The lowest BCUT2D eigenvalue weighted by Gasteiger charge is -2.30. The second-order valence-corrected chi connectivity index (χ2v) is 8.96. The lowest BCUT2D eigenvalue weighted by Crippen LogP contribution is -2.33. The van der Waals surface area contributed by atoms with Crippen LogP contribution in [-0.4, -0.2) is 42.7 Å². The molecule has 0 unspecified atom stereocenters. The smallest absolute Gasteiger partial charge is 0.327 e. The molecule has 0 saturated heterocycles. The van der Waals surface area contributed by atoms with Crippen LogP contribution >= 0.6 is 0 Å². The zero-order valence-corrected chi connectivity index (χ0v) is 21.2. The maximum atomic E-state index is 13.1. The van der Waals surface area contributed by atoms with Gasteiger partial charge in [-0.05, 0) is 77.9 Å². The molecule has 2 aromatic carbocycles. The maximum Gasteiger partial charge on any atom is 0.327 e. The fourth-order valence-corrected chi connectivity index (χ4v) is 4.45. The van der Waals surface area contributed by atoms with Crippen LogP contribution in [0, 0.1) is 13.8 Å². The van der Waals surface area contributed by atoms with E-state index in [2.05, 4.69) is 50.5 Å². The number of esters is 1. The van der Waals surface area contributed by atoms with Crippen LogP contribution in [-0.2, 0) is 29.2 Å². The first kappa shape index (κ1) is 25.2. The second-order valence-electron chi connectivity index (χ2n) is 8.96. The molecule has 2 aromatic heterocycles. The molecule has 188 valence electrons. The van der Waals surface area contributed by atoms with Gasteiger partial charge in [0, 0.05) is 24.2 Å². The van der Waals surface area contributed by atoms with Crippen molar-refractivity contribution in [3.63, 3.8) is 0 Å².